The highest BCUT2D eigenvalue weighted by Crippen LogP contribution is 2.38. The smallest absolute Gasteiger partial charge is 0.414 e. The monoisotopic (exact) mass is 412 g/mol. The Morgan fingerprint density at radius 2 is 2.00 bits per heavy atom. The third kappa shape index (κ3) is 2.96. The highest BCUT2D eigenvalue weighted by atomic mass is 35.5. The second-order valence-corrected chi connectivity index (χ2v) is 7.58. The van der Waals surface area contributed by atoms with Crippen LogP contribution in [0.15, 0.2) is 36.4 Å². The standard InChI is InChI=1S/C20H17ClN4O4/c21-12-1-3-16-14(9-12)15-11-23(6-5-17(15)22-16)18-4-2-13(25(27)28)10-19(18)24-7-8-29-20(24)26/h1-4,9-10,22H,5-8,11H2. The van der Waals surface area contributed by atoms with Crippen molar-refractivity contribution in [2.24, 2.45) is 0 Å². The number of ether oxygens (including phenoxy) is 1. The first-order valence-corrected chi connectivity index (χ1v) is 9.66. The number of benzene rings is 2. The number of carbonyl (C=O) groups is 1. The summed E-state index contributed by atoms with van der Waals surface area (Å²) < 4.78 is 5.06. The summed E-state index contributed by atoms with van der Waals surface area (Å²) in [5.41, 5.74) is 4.58. The molecule has 8 nitrogen and oxygen atoms in total. The first kappa shape index (κ1) is 17.8. The normalized spacial score (nSPS) is 16.2. The largest absolute Gasteiger partial charge is 0.447 e. The summed E-state index contributed by atoms with van der Waals surface area (Å²) in [4.78, 5) is 30.0. The molecule has 0 unspecified atom stereocenters. The maximum Gasteiger partial charge on any atom is 0.414 e. The Morgan fingerprint density at radius 1 is 1.14 bits per heavy atom. The third-order valence-corrected chi connectivity index (χ3v) is 5.73. The number of nitro groups is 1. The number of rotatable bonds is 3. The van der Waals surface area contributed by atoms with Crippen molar-refractivity contribution in [1.82, 2.24) is 4.98 Å². The molecule has 1 N–H and O–H groups in total. The molecule has 148 valence electrons. The van der Waals surface area contributed by atoms with Gasteiger partial charge in [-0.2, -0.15) is 0 Å². The molecule has 2 aromatic carbocycles. The fourth-order valence-corrected chi connectivity index (χ4v) is 4.29. The molecule has 0 bridgehead atoms. The number of non-ortho nitro benzene ring substituents is 1. The maximum atomic E-state index is 12.2. The number of nitrogens with one attached hydrogen (secondary N) is 1. The molecule has 9 heteroatoms. The summed E-state index contributed by atoms with van der Waals surface area (Å²) in [6.45, 7) is 1.98. The molecule has 0 aliphatic carbocycles. The molecule has 1 aromatic heterocycles. The van der Waals surface area contributed by atoms with E-state index in [1.165, 1.54) is 22.7 Å². The number of nitrogens with zero attached hydrogens (tertiary/aromatic N) is 3. The minimum absolute atomic E-state index is 0.0555. The molecule has 0 spiro atoms. The van der Waals surface area contributed by atoms with Crippen LogP contribution >= 0.6 is 11.6 Å². The van der Waals surface area contributed by atoms with Crippen LogP contribution in [0, 0.1) is 10.1 Å². The Kier molecular flexibility index (Phi) is 4.09. The number of carbonyl (C=O) groups excluding carboxylic acids is 1. The lowest BCUT2D eigenvalue weighted by molar-refractivity contribution is -0.384. The van der Waals surface area contributed by atoms with Crippen molar-refractivity contribution in [3.63, 3.8) is 0 Å². The number of fused-ring (bicyclic) bond motifs is 3. The second-order valence-electron chi connectivity index (χ2n) is 7.14. The summed E-state index contributed by atoms with van der Waals surface area (Å²) in [7, 11) is 0. The average molecular weight is 413 g/mol. The van der Waals surface area contributed by atoms with E-state index in [1.54, 1.807) is 6.07 Å². The van der Waals surface area contributed by atoms with Gasteiger partial charge >= 0.3 is 6.09 Å². The van der Waals surface area contributed by atoms with Crippen LogP contribution in [0.3, 0.4) is 0 Å². The van der Waals surface area contributed by atoms with Gasteiger partial charge < -0.3 is 14.6 Å². The minimum Gasteiger partial charge on any atom is -0.447 e. The SMILES string of the molecule is O=C1OCCN1c1cc([N+](=O)[O-])ccc1N1CCc2[nH]c3ccc(Cl)cc3c2C1. The van der Waals surface area contributed by atoms with Crippen LogP contribution in [0.1, 0.15) is 11.3 Å². The highest BCUT2D eigenvalue weighted by molar-refractivity contribution is 6.31. The molecule has 2 aliphatic rings. The molecule has 5 rings (SSSR count). The fourth-order valence-electron chi connectivity index (χ4n) is 4.11. The number of halogens is 1. The quantitative estimate of drug-likeness (QED) is 0.513. The number of aromatic amines is 1. The molecule has 0 atom stereocenters. The first-order valence-electron chi connectivity index (χ1n) is 9.28. The molecule has 2 aliphatic heterocycles. The van der Waals surface area contributed by atoms with E-state index in [0.717, 1.165) is 35.1 Å². The van der Waals surface area contributed by atoms with E-state index in [4.69, 9.17) is 16.3 Å². The van der Waals surface area contributed by atoms with Crippen molar-refractivity contribution in [3.8, 4) is 0 Å². The number of hydrogen-bond acceptors (Lipinski definition) is 5. The van der Waals surface area contributed by atoms with E-state index < -0.39 is 11.0 Å². The van der Waals surface area contributed by atoms with Gasteiger partial charge in [-0.3, -0.25) is 15.0 Å². The van der Waals surface area contributed by atoms with Crippen LogP contribution in [-0.2, 0) is 17.7 Å². The third-order valence-electron chi connectivity index (χ3n) is 5.50. The van der Waals surface area contributed by atoms with Crippen LogP contribution in [0.2, 0.25) is 5.02 Å². The molecular weight excluding hydrogens is 396 g/mol. The summed E-state index contributed by atoms with van der Waals surface area (Å²) in [6, 6.07) is 10.4. The molecule has 3 heterocycles. The van der Waals surface area contributed by atoms with E-state index in [1.807, 2.05) is 18.2 Å². The lowest BCUT2D eigenvalue weighted by Gasteiger charge is -2.32. The lowest BCUT2D eigenvalue weighted by atomic mass is 10.0. The van der Waals surface area contributed by atoms with Crippen molar-refractivity contribution in [2.75, 3.05) is 29.5 Å². The Balaban J connectivity index is 1.58. The van der Waals surface area contributed by atoms with Gasteiger partial charge in [0.1, 0.15) is 6.61 Å². The molecule has 1 amide bonds. The van der Waals surface area contributed by atoms with Gasteiger partial charge in [0.15, 0.2) is 0 Å². The Labute approximate surface area is 170 Å². The van der Waals surface area contributed by atoms with Gasteiger partial charge in [0.05, 0.1) is 22.8 Å². The Hall–Kier alpha value is -3.26. The maximum absolute atomic E-state index is 12.2. The van der Waals surface area contributed by atoms with E-state index >= 15 is 0 Å². The zero-order chi connectivity index (χ0) is 20.1. The van der Waals surface area contributed by atoms with Crippen LogP contribution in [-0.4, -0.2) is 35.7 Å². The summed E-state index contributed by atoms with van der Waals surface area (Å²) in [5, 5.41) is 13.0. The first-order chi connectivity index (χ1) is 14.0. The number of H-pyrrole nitrogens is 1. The average Bonchev–Trinajstić information content (AvgIpc) is 3.30. The minimum atomic E-state index is -0.483. The number of aromatic nitrogens is 1. The highest BCUT2D eigenvalue weighted by Gasteiger charge is 2.30. The zero-order valence-corrected chi connectivity index (χ0v) is 16.1. The van der Waals surface area contributed by atoms with Crippen molar-refractivity contribution in [3.05, 3.63) is 62.8 Å². The number of nitro benzene ring substituents is 1. The van der Waals surface area contributed by atoms with E-state index in [9.17, 15) is 14.9 Å². The Bertz CT molecular complexity index is 1160. The van der Waals surface area contributed by atoms with Gasteiger partial charge in [-0.05, 0) is 24.3 Å². The van der Waals surface area contributed by atoms with Crippen LogP contribution in [0.4, 0.5) is 21.9 Å². The molecule has 1 fully saturated rings. The number of anilines is 2. The zero-order valence-electron chi connectivity index (χ0n) is 15.4. The molecule has 3 aromatic rings. The van der Waals surface area contributed by atoms with Crippen molar-refractivity contribution >= 4 is 45.7 Å². The van der Waals surface area contributed by atoms with Gasteiger partial charge in [0.25, 0.3) is 5.69 Å². The summed E-state index contributed by atoms with van der Waals surface area (Å²) in [6.07, 6.45) is 0.311. The predicted octanol–water partition coefficient (Wildman–Crippen LogP) is 4.25. The van der Waals surface area contributed by atoms with Crippen molar-refractivity contribution < 1.29 is 14.5 Å². The number of cyclic esters (lactones) is 1. The predicted molar refractivity (Wildman–Crippen MR) is 110 cm³/mol. The van der Waals surface area contributed by atoms with E-state index in [-0.39, 0.29) is 12.3 Å². The number of hydrogen-bond donors (Lipinski definition) is 1. The van der Waals surface area contributed by atoms with Crippen LogP contribution in [0.25, 0.3) is 10.9 Å². The number of amides is 1. The molecule has 0 saturated carbocycles. The van der Waals surface area contributed by atoms with E-state index in [0.29, 0.717) is 23.8 Å². The summed E-state index contributed by atoms with van der Waals surface area (Å²) >= 11 is 6.20. The van der Waals surface area contributed by atoms with Gasteiger partial charge in [-0.15, -0.1) is 0 Å². The van der Waals surface area contributed by atoms with Gasteiger partial charge in [0, 0.05) is 58.8 Å². The van der Waals surface area contributed by atoms with Gasteiger partial charge in [-0.1, -0.05) is 11.6 Å². The molecule has 1 saturated heterocycles. The summed E-state index contributed by atoms with van der Waals surface area (Å²) in [5.74, 6) is 0. The lowest BCUT2D eigenvalue weighted by Crippen LogP contribution is -2.33. The molecular formula is C20H17ClN4O4. The van der Waals surface area contributed by atoms with Crippen molar-refractivity contribution in [2.45, 2.75) is 13.0 Å². The van der Waals surface area contributed by atoms with Gasteiger partial charge in [-0.25, -0.2) is 4.79 Å². The second kappa shape index (κ2) is 6.66. The molecule has 0 radical (unpaired) electrons. The van der Waals surface area contributed by atoms with E-state index in [2.05, 4.69) is 9.88 Å². The topological polar surface area (TPSA) is 91.7 Å². The van der Waals surface area contributed by atoms with Crippen molar-refractivity contribution in [1.29, 1.82) is 0 Å². The van der Waals surface area contributed by atoms with Crippen LogP contribution in [0.5, 0.6) is 0 Å². The van der Waals surface area contributed by atoms with Crippen LogP contribution < -0.4 is 9.80 Å². The Morgan fingerprint density at radius 3 is 2.76 bits per heavy atom. The fraction of sp³-hybridized carbons (Fsp3) is 0.250. The molecule has 29 heavy (non-hydrogen) atoms. The van der Waals surface area contributed by atoms with Gasteiger partial charge in [0.2, 0.25) is 0 Å².